The predicted molar refractivity (Wildman–Crippen MR) is 86.3 cm³/mol. The fraction of sp³-hybridized carbons (Fsp3) is 0.294. The molecule has 1 fully saturated rings. The summed E-state index contributed by atoms with van der Waals surface area (Å²) in [5, 5.41) is 0. The third kappa shape index (κ3) is 2.53. The average Bonchev–Trinajstić information content (AvgIpc) is 2.41. The molecule has 1 aliphatic rings. The standard InChI is InChI=1S/C17H19BrN2/c18-16-11-4-3-10-15(16)17(20-19)14-9-2-1-8-13(14)12-6-5-7-12/h1-4,8-12,17,20H,5-7,19H2. The molecule has 0 aliphatic heterocycles. The van der Waals surface area contributed by atoms with Crippen molar-refractivity contribution in [3.63, 3.8) is 0 Å². The van der Waals surface area contributed by atoms with Crippen molar-refractivity contribution in [3.05, 3.63) is 69.7 Å². The topological polar surface area (TPSA) is 38.0 Å². The van der Waals surface area contributed by atoms with Crippen LogP contribution in [-0.4, -0.2) is 0 Å². The van der Waals surface area contributed by atoms with Gasteiger partial charge in [0, 0.05) is 4.47 Å². The van der Waals surface area contributed by atoms with Gasteiger partial charge in [0.05, 0.1) is 6.04 Å². The maximum atomic E-state index is 5.86. The van der Waals surface area contributed by atoms with Crippen LogP contribution in [0.15, 0.2) is 53.0 Å². The largest absolute Gasteiger partial charge is 0.271 e. The molecular weight excluding hydrogens is 312 g/mol. The first-order valence-electron chi connectivity index (χ1n) is 7.10. The smallest absolute Gasteiger partial charge is 0.0723 e. The Morgan fingerprint density at radius 2 is 1.65 bits per heavy atom. The van der Waals surface area contributed by atoms with Crippen molar-refractivity contribution in [1.29, 1.82) is 0 Å². The van der Waals surface area contributed by atoms with Gasteiger partial charge in [-0.15, -0.1) is 0 Å². The molecule has 0 bridgehead atoms. The van der Waals surface area contributed by atoms with Crippen molar-refractivity contribution < 1.29 is 0 Å². The Hall–Kier alpha value is -1.16. The van der Waals surface area contributed by atoms with E-state index in [0.717, 1.165) is 4.47 Å². The van der Waals surface area contributed by atoms with Crippen molar-refractivity contribution in [3.8, 4) is 0 Å². The van der Waals surface area contributed by atoms with Crippen LogP contribution in [0, 0.1) is 0 Å². The summed E-state index contributed by atoms with van der Waals surface area (Å²) >= 11 is 3.63. The van der Waals surface area contributed by atoms with Gasteiger partial charge in [0.2, 0.25) is 0 Å². The minimum Gasteiger partial charge on any atom is -0.271 e. The summed E-state index contributed by atoms with van der Waals surface area (Å²) in [5.41, 5.74) is 6.91. The lowest BCUT2D eigenvalue weighted by atomic mass is 9.76. The van der Waals surface area contributed by atoms with Crippen LogP contribution in [0.3, 0.4) is 0 Å². The molecule has 3 N–H and O–H groups in total. The molecule has 0 spiro atoms. The molecule has 1 atom stereocenters. The lowest BCUT2D eigenvalue weighted by Crippen LogP contribution is -2.30. The second-order valence-electron chi connectivity index (χ2n) is 5.38. The van der Waals surface area contributed by atoms with Gasteiger partial charge in [0.1, 0.15) is 0 Å². The summed E-state index contributed by atoms with van der Waals surface area (Å²) in [5.74, 6) is 6.56. The van der Waals surface area contributed by atoms with Crippen LogP contribution >= 0.6 is 15.9 Å². The number of rotatable bonds is 4. The molecule has 2 aromatic carbocycles. The number of halogens is 1. The fourth-order valence-corrected chi connectivity index (χ4v) is 3.43. The monoisotopic (exact) mass is 330 g/mol. The molecule has 2 aromatic rings. The van der Waals surface area contributed by atoms with E-state index in [2.05, 4.69) is 63.8 Å². The Morgan fingerprint density at radius 3 is 2.25 bits per heavy atom. The van der Waals surface area contributed by atoms with Crippen LogP contribution in [0.4, 0.5) is 0 Å². The molecule has 0 heterocycles. The first-order valence-corrected chi connectivity index (χ1v) is 7.90. The van der Waals surface area contributed by atoms with E-state index in [1.165, 1.54) is 36.0 Å². The number of hydrogen-bond donors (Lipinski definition) is 2. The highest BCUT2D eigenvalue weighted by Gasteiger charge is 2.25. The quantitative estimate of drug-likeness (QED) is 0.649. The lowest BCUT2D eigenvalue weighted by molar-refractivity contribution is 0.414. The summed E-state index contributed by atoms with van der Waals surface area (Å²) < 4.78 is 1.09. The number of benzene rings is 2. The van der Waals surface area contributed by atoms with E-state index in [9.17, 15) is 0 Å². The Morgan fingerprint density at radius 1 is 1.00 bits per heavy atom. The van der Waals surface area contributed by atoms with Crippen molar-refractivity contribution in [1.82, 2.24) is 5.43 Å². The van der Waals surface area contributed by atoms with Gasteiger partial charge in [-0.1, -0.05) is 64.8 Å². The van der Waals surface area contributed by atoms with Gasteiger partial charge in [0.15, 0.2) is 0 Å². The first-order chi connectivity index (χ1) is 9.81. The van der Waals surface area contributed by atoms with Crippen molar-refractivity contribution in [2.45, 2.75) is 31.2 Å². The zero-order chi connectivity index (χ0) is 13.9. The molecule has 0 aromatic heterocycles. The minimum absolute atomic E-state index is 0.0300. The van der Waals surface area contributed by atoms with E-state index in [1.807, 2.05) is 6.07 Å². The highest BCUT2D eigenvalue weighted by Crippen LogP contribution is 2.41. The fourth-order valence-electron chi connectivity index (χ4n) is 2.92. The summed E-state index contributed by atoms with van der Waals surface area (Å²) in [6.07, 6.45) is 3.93. The Bertz CT molecular complexity index is 593. The van der Waals surface area contributed by atoms with Gasteiger partial charge >= 0.3 is 0 Å². The van der Waals surface area contributed by atoms with E-state index in [4.69, 9.17) is 5.84 Å². The van der Waals surface area contributed by atoms with E-state index < -0.39 is 0 Å². The molecule has 20 heavy (non-hydrogen) atoms. The van der Waals surface area contributed by atoms with E-state index in [0.29, 0.717) is 5.92 Å². The lowest BCUT2D eigenvalue weighted by Gasteiger charge is -2.30. The van der Waals surface area contributed by atoms with Crippen LogP contribution in [-0.2, 0) is 0 Å². The Balaban J connectivity index is 2.03. The first kappa shape index (κ1) is 13.8. The molecule has 3 rings (SSSR count). The molecule has 0 saturated heterocycles. The summed E-state index contributed by atoms with van der Waals surface area (Å²) in [6, 6.07) is 17.0. The van der Waals surface area contributed by atoms with Gasteiger partial charge < -0.3 is 0 Å². The Labute approximate surface area is 128 Å². The molecule has 104 valence electrons. The molecule has 3 heteroatoms. The number of hydrazine groups is 1. The van der Waals surface area contributed by atoms with Gasteiger partial charge in [-0.3, -0.25) is 5.84 Å². The minimum atomic E-state index is 0.0300. The second kappa shape index (κ2) is 6.08. The summed E-state index contributed by atoms with van der Waals surface area (Å²) in [7, 11) is 0. The summed E-state index contributed by atoms with van der Waals surface area (Å²) in [6.45, 7) is 0. The molecule has 1 aliphatic carbocycles. The van der Waals surface area contributed by atoms with Gasteiger partial charge in [-0.05, 0) is 41.5 Å². The number of nitrogens with two attached hydrogens (primary N) is 1. The third-order valence-electron chi connectivity index (χ3n) is 4.23. The average molecular weight is 331 g/mol. The molecule has 0 amide bonds. The molecule has 1 saturated carbocycles. The third-order valence-corrected chi connectivity index (χ3v) is 4.96. The predicted octanol–water partition coefficient (Wildman–Crippen LogP) is 4.27. The maximum absolute atomic E-state index is 5.86. The zero-order valence-corrected chi connectivity index (χ0v) is 12.9. The SMILES string of the molecule is NNC(c1ccccc1Br)c1ccccc1C1CCC1. The molecule has 0 radical (unpaired) electrons. The van der Waals surface area contributed by atoms with Crippen LogP contribution in [0.2, 0.25) is 0 Å². The second-order valence-corrected chi connectivity index (χ2v) is 6.23. The van der Waals surface area contributed by atoms with Crippen molar-refractivity contribution in [2.24, 2.45) is 5.84 Å². The van der Waals surface area contributed by atoms with E-state index >= 15 is 0 Å². The summed E-state index contributed by atoms with van der Waals surface area (Å²) in [4.78, 5) is 0. The number of nitrogens with one attached hydrogen (secondary N) is 1. The van der Waals surface area contributed by atoms with Crippen LogP contribution in [0.25, 0.3) is 0 Å². The highest BCUT2D eigenvalue weighted by atomic mass is 79.9. The van der Waals surface area contributed by atoms with Crippen LogP contribution < -0.4 is 11.3 Å². The molecule has 2 nitrogen and oxygen atoms in total. The van der Waals surface area contributed by atoms with Crippen LogP contribution in [0.5, 0.6) is 0 Å². The normalized spacial score (nSPS) is 16.7. The van der Waals surface area contributed by atoms with Gasteiger partial charge in [0.25, 0.3) is 0 Å². The number of hydrogen-bond acceptors (Lipinski definition) is 2. The van der Waals surface area contributed by atoms with Crippen molar-refractivity contribution in [2.75, 3.05) is 0 Å². The Kier molecular flexibility index (Phi) is 4.20. The van der Waals surface area contributed by atoms with Gasteiger partial charge in [-0.25, -0.2) is 5.43 Å². The van der Waals surface area contributed by atoms with E-state index in [-0.39, 0.29) is 6.04 Å². The molecular formula is C17H19BrN2. The van der Waals surface area contributed by atoms with E-state index in [1.54, 1.807) is 0 Å². The molecule has 1 unspecified atom stereocenters. The van der Waals surface area contributed by atoms with Gasteiger partial charge in [-0.2, -0.15) is 0 Å². The van der Waals surface area contributed by atoms with Crippen LogP contribution in [0.1, 0.15) is 47.9 Å². The highest BCUT2D eigenvalue weighted by molar-refractivity contribution is 9.10. The van der Waals surface area contributed by atoms with Crippen molar-refractivity contribution >= 4 is 15.9 Å². The maximum Gasteiger partial charge on any atom is 0.0723 e. The zero-order valence-electron chi connectivity index (χ0n) is 11.4.